The first-order valence-electron chi connectivity index (χ1n) is 9.45. The molecule has 0 bridgehead atoms. The Hall–Kier alpha value is -2.83. The molecule has 0 N–H and O–H groups in total. The zero-order valence-corrected chi connectivity index (χ0v) is 19.1. The number of thiophene rings is 1. The predicted octanol–water partition coefficient (Wildman–Crippen LogP) is 7.05. The van der Waals surface area contributed by atoms with E-state index in [0.29, 0.717) is 16.8 Å². The van der Waals surface area contributed by atoms with E-state index < -0.39 is 23.0 Å². The molecule has 0 fully saturated rings. The lowest BCUT2D eigenvalue weighted by molar-refractivity contribution is 0.546. The van der Waals surface area contributed by atoms with Crippen LogP contribution in [-0.4, -0.2) is 8.53 Å². The quantitative estimate of drug-likeness (QED) is 0.210. The van der Waals surface area contributed by atoms with Gasteiger partial charge in [-0.3, -0.25) is 0 Å². The van der Waals surface area contributed by atoms with Crippen molar-refractivity contribution in [3.63, 3.8) is 0 Å². The first-order chi connectivity index (χ1) is 15.5. The molecule has 4 rings (SSSR count). The van der Waals surface area contributed by atoms with E-state index in [1.807, 2.05) is 53.9 Å². The van der Waals surface area contributed by atoms with Gasteiger partial charge in [0.05, 0.1) is 15.3 Å². The van der Waals surface area contributed by atoms with Crippen LogP contribution < -0.4 is 0 Å². The van der Waals surface area contributed by atoms with Crippen LogP contribution in [-0.2, 0) is 17.8 Å². The Bertz CT molecular complexity index is 1350. The minimum absolute atomic E-state index is 0.0899. The Morgan fingerprint density at radius 2 is 2.03 bits per heavy atom. The Morgan fingerprint density at radius 3 is 2.75 bits per heavy atom. The molecule has 0 aliphatic carbocycles. The molecule has 32 heavy (non-hydrogen) atoms. The second-order valence-electron chi connectivity index (χ2n) is 6.67. The lowest BCUT2D eigenvalue weighted by atomic mass is 10.1. The smallest absolute Gasteiger partial charge is 0.216 e. The van der Waals surface area contributed by atoms with Crippen LogP contribution in [0.5, 0.6) is 0 Å². The topological polar surface area (TPSA) is 51.8 Å². The van der Waals surface area contributed by atoms with Crippen molar-refractivity contribution in [1.82, 2.24) is 3.97 Å². The SMILES string of the molecule is C=C(C#N)S/C=C\Cc1c(-c2cccs2)n([S+]([O-])c2ccc(F)cc2F)c2ccccc12. The van der Waals surface area contributed by atoms with Crippen LogP contribution in [0.3, 0.4) is 0 Å². The Balaban J connectivity index is 1.90. The van der Waals surface area contributed by atoms with E-state index in [0.717, 1.165) is 33.7 Å². The van der Waals surface area contributed by atoms with Crippen LogP contribution in [0, 0.1) is 23.0 Å². The number of rotatable bonds is 7. The molecule has 1 atom stereocenters. The van der Waals surface area contributed by atoms with Crippen LogP contribution in [0.2, 0.25) is 0 Å². The highest BCUT2D eigenvalue weighted by atomic mass is 32.2. The molecule has 160 valence electrons. The fraction of sp³-hybridized carbons (Fsp3) is 0.0417. The number of aromatic nitrogens is 1. The molecule has 0 saturated carbocycles. The van der Waals surface area contributed by atoms with Crippen LogP contribution in [0.4, 0.5) is 8.78 Å². The van der Waals surface area contributed by atoms with E-state index in [2.05, 4.69) is 6.58 Å². The van der Waals surface area contributed by atoms with E-state index in [-0.39, 0.29) is 4.90 Å². The largest absolute Gasteiger partial charge is 0.587 e. The van der Waals surface area contributed by atoms with E-state index in [1.54, 1.807) is 9.38 Å². The first kappa shape index (κ1) is 22.4. The molecule has 0 spiro atoms. The van der Waals surface area contributed by atoms with Crippen molar-refractivity contribution in [3.8, 4) is 16.6 Å². The molecule has 4 aromatic rings. The summed E-state index contributed by atoms with van der Waals surface area (Å²) in [5, 5.41) is 13.5. The molecule has 3 nitrogen and oxygen atoms in total. The zero-order chi connectivity index (χ0) is 22.7. The Labute approximate surface area is 195 Å². The van der Waals surface area contributed by atoms with Gasteiger partial charge in [0.25, 0.3) is 0 Å². The maximum atomic E-state index is 14.5. The van der Waals surface area contributed by atoms with Gasteiger partial charge in [-0.05, 0) is 41.0 Å². The normalized spacial score (nSPS) is 12.3. The standard InChI is InChI=1S/C24H16F2N2OS3/c1-16(15-27)30-12-4-7-19-18-6-2-3-8-21(18)28(24(19)22-9-5-13-31-22)32(29)23-11-10-17(25)14-20(23)26/h2-6,8-14H,1,7H2/b12-4-. The summed E-state index contributed by atoms with van der Waals surface area (Å²) in [7, 11) is 0. The number of fused-ring (bicyclic) bond motifs is 1. The van der Waals surface area contributed by atoms with Crippen molar-refractivity contribution in [2.45, 2.75) is 11.3 Å². The molecule has 2 aromatic heterocycles. The van der Waals surface area contributed by atoms with Gasteiger partial charge in [-0.2, -0.15) is 9.23 Å². The van der Waals surface area contributed by atoms with Crippen LogP contribution in [0.25, 0.3) is 21.5 Å². The fourth-order valence-electron chi connectivity index (χ4n) is 3.36. The van der Waals surface area contributed by atoms with Crippen LogP contribution in [0.1, 0.15) is 5.56 Å². The van der Waals surface area contributed by atoms with Gasteiger partial charge in [0.1, 0.15) is 28.9 Å². The van der Waals surface area contributed by atoms with Gasteiger partial charge in [-0.1, -0.05) is 48.7 Å². The van der Waals surface area contributed by atoms with Crippen molar-refractivity contribution in [2.75, 3.05) is 0 Å². The number of halogens is 2. The zero-order valence-electron chi connectivity index (χ0n) is 16.6. The predicted molar refractivity (Wildman–Crippen MR) is 129 cm³/mol. The van der Waals surface area contributed by atoms with E-state index in [4.69, 9.17) is 5.26 Å². The van der Waals surface area contributed by atoms with E-state index in [1.165, 1.54) is 29.2 Å². The van der Waals surface area contributed by atoms with Gasteiger partial charge < -0.3 is 4.55 Å². The molecule has 1 unspecified atom stereocenters. The van der Waals surface area contributed by atoms with E-state index in [9.17, 15) is 13.3 Å². The van der Waals surface area contributed by atoms with Gasteiger partial charge in [0, 0.05) is 17.5 Å². The van der Waals surface area contributed by atoms with E-state index >= 15 is 0 Å². The van der Waals surface area contributed by atoms with Crippen molar-refractivity contribution in [2.24, 2.45) is 0 Å². The summed E-state index contributed by atoms with van der Waals surface area (Å²) in [6.45, 7) is 3.65. The molecule has 0 aliphatic rings. The molecular weight excluding hydrogens is 466 g/mol. The van der Waals surface area contributed by atoms with Gasteiger partial charge in [-0.15, -0.1) is 11.3 Å². The van der Waals surface area contributed by atoms with Crippen molar-refractivity contribution in [3.05, 3.63) is 100 Å². The van der Waals surface area contributed by atoms with Gasteiger partial charge >= 0.3 is 0 Å². The van der Waals surface area contributed by atoms with Crippen molar-refractivity contribution >= 4 is 45.4 Å². The number of allylic oxidation sites excluding steroid dienone is 2. The van der Waals surface area contributed by atoms with Crippen LogP contribution in [0.15, 0.2) is 87.8 Å². The maximum Gasteiger partial charge on any atom is 0.216 e. The van der Waals surface area contributed by atoms with Crippen molar-refractivity contribution in [1.29, 1.82) is 5.26 Å². The highest BCUT2D eigenvalue weighted by Crippen LogP contribution is 2.39. The van der Waals surface area contributed by atoms with Gasteiger partial charge in [0.15, 0.2) is 5.82 Å². The average Bonchev–Trinajstić information content (AvgIpc) is 3.42. The molecule has 0 radical (unpaired) electrons. The minimum atomic E-state index is -1.94. The number of benzene rings is 2. The number of thioether (sulfide) groups is 1. The minimum Gasteiger partial charge on any atom is -0.587 e. The monoisotopic (exact) mass is 482 g/mol. The summed E-state index contributed by atoms with van der Waals surface area (Å²) in [5.41, 5.74) is 2.34. The summed E-state index contributed by atoms with van der Waals surface area (Å²) < 4.78 is 43.2. The first-order valence-corrected chi connectivity index (χ1v) is 12.3. The second-order valence-corrected chi connectivity index (χ2v) is 9.92. The fourth-order valence-corrected chi connectivity index (χ4v) is 5.93. The average molecular weight is 483 g/mol. The summed E-state index contributed by atoms with van der Waals surface area (Å²) >= 11 is 0.786. The summed E-state index contributed by atoms with van der Waals surface area (Å²) in [6, 6.07) is 16.4. The summed E-state index contributed by atoms with van der Waals surface area (Å²) in [4.78, 5) is 1.18. The second kappa shape index (κ2) is 9.76. The lowest BCUT2D eigenvalue weighted by Crippen LogP contribution is -2.16. The molecule has 8 heteroatoms. The molecule has 0 amide bonds. The van der Waals surface area contributed by atoms with Gasteiger partial charge in [-0.25, -0.2) is 8.78 Å². The number of nitriles is 1. The molecule has 2 aromatic carbocycles. The number of nitrogens with zero attached hydrogens (tertiary/aromatic N) is 2. The molecular formula is C24H16F2N2OS3. The summed E-state index contributed by atoms with van der Waals surface area (Å²) in [6.07, 6.45) is 2.42. The Morgan fingerprint density at radius 1 is 1.22 bits per heavy atom. The summed E-state index contributed by atoms with van der Waals surface area (Å²) in [5.74, 6) is -1.58. The number of hydrogen-bond donors (Lipinski definition) is 0. The Kier molecular flexibility index (Phi) is 6.82. The number of para-hydroxylation sites is 1. The number of hydrogen-bond acceptors (Lipinski definition) is 4. The highest BCUT2D eigenvalue weighted by Gasteiger charge is 2.29. The van der Waals surface area contributed by atoms with Crippen molar-refractivity contribution < 1.29 is 13.3 Å². The third-order valence-electron chi connectivity index (χ3n) is 4.69. The van der Waals surface area contributed by atoms with Crippen LogP contribution >= 0.6 is 23.1 Å². The molecule has 0 saturated heterocycles. The molecule has 2 heterocycles. The third-order valence-corrected chi connectivity index (χ3v) is 7.69. The molecule has 0 aliphatic heterocycles. The highest BCUT2D eigenvalue weighted by molar-refractivity contribution is 8.06. The maximum absolute atomic E-state index is 14.5. The lowest BCUT2D eigenvalue weighted by Gasteiger charge is -2.15. The van der Waals surface area contributed by atoms with Gasteiger partial charge in [0.2, 0.25) is 4.90 Å². The third kappa shape index (κ3) is 4.38.